The standard InChI is InChI=1S/C35H31N3O4/c1-42-29-15-11-26(12-16-29)36-34(40)24-9-13-27(14-10-24)37-19-21-38(22-20-37)35(41)33-18-17-30(25-5-4-6-28(39)23-25)31-7-2-3-8-32(31)33/h2-18,23,39H,19-22H2,1H3,(H,36,40). The Labute approximate surface area is 244 Å². The predicted octanol–water partition coefficient (Wildman–Crippen LogP) is 6.44. The maximum absolute atomic E-state index is 13.7. The molecular formula is C35H31N3O4. The number of nitrogens with zero attached hydrogens (tertiary/aromatic N) is 2. The van der Waals surface area contributed by atoms with E-state index in [0.29, 0.717) is 43.0 Å². The monoisotopic (exact) mass is 557 g/mol. The van der Waals surface area contributed by atoms with Crippen molar-refractivity contribution >= 4 is 34.0 Å². The summed E-state index contributed by atoms with van der Waals surface area (Å²) in [5, 5.41) is 14.8. The molecule has 1 aliphatic heterocycles. The first-order valence-corrected chi connectivity index (χ1v) is 13.9. The van der Waals surface area contributed by atoms with Crippen molar-refractivity contribution in [1.29, 1.82) is 0 Å². The van der Waals surface area contributed by atoms with Crippen LogP contribution in [-0.4, -0.2) is 55.1 Å². The summed E-state index contributed by atoms with van der Waals surface area (Å²) in [5.74, 6) is 0.778. The van der Waals surface area contributed by atoms with Gasteiger partial charge in [-0.1, -0.05) is 42.5 Å². The Hall–Kier alpha value is -5.30. The zero-order valence-electron chi connectivity index (χ0n) is 23.3. The Balaban J connectivity index is 1.12. The molecule has 7 heteroatoms. The van der Waals surface area contributed by atoms with Gasteiger partial charge in [0, 0.05) is 48.7 Å². The van der Waals surface area contributed by atoms with E-state index in [2.05, 4.69) is 10.2 Å². The average molecular weight is 558 g/mol. The summed E-state index contributed by atoms with van der Waals surface area (Å²) in [7, 11) is 1.60. The van der Waals surface area contributed by atoms with Crippen molar-refractivity contribution in [1.82, 2.24) is 4.90 Å². The highest BCUT2D eigenvalue weighted by Crippen LogP contribution is 2.33. The number of fused-ring (bicyclic) bond motifs is 1. The van der Waals surface area contributed by atoms with Crippen LogP contribution in [0.2, 0.25) is 0 Å². The summed E-state index contributed by atoms with van der Waals surface area (Å²) in [5.41, 5.74) is 4.85. The lowest BCUT2D eigenvalue weighted by atomic mass is 9.94. The van der Waals surface area contributed by atoms with Gasteiger partial charge in [0.2, 0.25) is 0 Å². The fourth-order valence-corrected chi connectivity index (χ4v) is 5.45. The lowest BCUT2D eigenvalue weighted by Crippen LogP contribution is -2.48. The van der Waals surface area contributed by atoms with E-state index in [4.69, 9.17) is 4.74 Å². The van der Waals surface area contributed by atoms with Crippen molar-refractivity contribution in [2.75, 3.05) is 43.5 Å². The number of hydrogen-bond acceptors (Lipinski definition) is 5. The van der Waals surface area contributed by atoms with E-state index < -0.39 is 0 Å². The first-order chi connectivity index (χ1) is 20.5. The van der Waals surface area contributed by atoms with Gasteiger partial charge in [0.25, 0.3) is 11.8 Å². The Bertz CT molecular complexity index is 1740. The van der Waals surface area contributed by atoms with Crippen LogP contribution in [0.15, 0.2) is 109 Å². The number of aromatic hydroxyl groups is 1. The molecule has 42 heavy (non-hydrogen) atoms. The summed E-state index contributed by atoms with van der Waals surface area (Å²) in [4.78, 5) is 30.5. The van der Waals surface area contributed by atoms with Crippen molar-refractivity contribution < 1.29 is 19.4 Å². The van der Waals surface area contributed by atoms with E-state index in [-0.39, 0.29) is 17.6 Å². The predicted molar refractivity (Wildman–Crippen MR) is 167 cm³/mol. The lowest BCUT2D eigenvalue weighted by Gasteiger charge is -2.36. The van der Waals surface area contributed by atoms with Crippen LogP contribution in [0.4, 0.5) is 11.4 Å². The molecule has 0 spiro atoms. The highest BCUT2D eigenvalue weighted by molar-refractivity contribution is 6.11. The van der Waals surface area contributed by atoms with E-state index in [9.17, 15) is 14.7 Å². The minimum Gasteiger partial charge on any atom is -0.508 e. The van der Waals surface area contributed by atoms with E-state index in [1.54, 1.807) is 43.5 Å². The molecule has 7 nitrogen and oxygen atoms in total. The summed E-state index contributed by atoms with van der Waals surface area (Å²) >= 11 is 0. The SMILES string of the molecule is COc1ccc(NC(=O)c2ccc(N3CCN(C(=O)c4ccc(-c5cccc(O)c5)c5ccccc45)CC3)cc2)cc1. The van der Waals surface area contributed by atoms with Gasteiger partial charge in [0.1, 0.15) is 11.5 Å². The number of methoxy groups -OCH3 is 1. The van der Waals surface area contributed by atoms with E-state index >= 15 is 0 Å². The average Bonchev–Trinajstić information content (AvgIpc) is 3.04. The number of benzene rings is 5. The van der Waals surface area contributed by atoms with Gasteiger partial charge in [0.05, 0.1) is 7.11 Å². The molecule has 6 rings (SSSR count). The Kier molecular flexibility index (Phi) is 7.47. The minimum absolute atomic E-state index is 0.0128. The molecule has 2 N–H and O–H groups in total. The van der Waals surface area contributed by atoms with Crippen molar-refractivity contribution in [3.63, 3.8) is 0 Å². The van der Waals surface area contributed by atoms with Crippen LogP contribution in [0, 0.1) is 0 Å². The van der Waals surface area contributed by atoms with E-state index in [0.717, 1.165) is 33.3 Å². The summed E-state index contributed by atoms with van der Waals surface area (Å²) < 4.78 is 5.17. The zero-order chi connectivity index (χ0) is 29.1. The second kappa shape index (κ2) is 11.7. The van der Waals surface area contributed by atoms with Crippen LogP contribution in [0.1, 0.15) is 20.7 Å². The molecule has 0 aliphatic carbocycles. The lowest BCUT2D eigenvalue weighted by molar-refractivity contribution is 0.0748. The molecule has 1 aliphatic rings. The van der Waals surface area contributed by atoms with Gasteiger partial charge < -0.3 is 25.0 Å². The molecule has 0 radical (unpaired) electrons. The van der Waals surface area contributed by atoms with Crippen LogP contribution in [0.25, 0.3) is 21.9 Å². The molecule has 0 saturated carbocycles. The molecule has 0 bridgehead atoms. The maximum Gasteiger partial charge on any atom is 0.255 e. The van der Waals surface area contributed by atoms with Crippen molar-refractivity contribution in [3.05, 3.63) is 120 Å². The number of amides is 2. The van der Waals surface area contributed by atoms with Crippen molar-refractivity contribution in [2.24, 2.45) is 0 Å². The van der Waals surface area contributed by atoms with Gasteiger partial charge in [0.15, 0.2) is 0 Å². The Morgan fingerprint density at radius 2 is 1.48 bits per heavy atom. The second-order valence-corrected chi connectivity index (χ2v) is 10.3. The number of ether oxygens (including phenoxy) is 1. The maximum atomic E-state index is 13.7. The third-order valence-electron chi connectivity index (χ3n) is 7.72. The number of carbonyl (C=O) groups is 2. The topological polar surface area (TPSA) is 82.1 Å². The van der Waals surface area contributed by atoms with Gasteiger partial charge in [-0.3, -0.25) is 9.59 Å². The van der Waals surface area contributed by atoms with Crippen molar-refractivity contribution in [3.8, 4) is 22.6 Å². The number of nitrogens with one attached hydrogen (secondary N) is 1. The largest absolute Gasteiger partial charge is 0.508 e. The third kappa shape index (κ3) is 5.49. The van der Waals surface area contributed by atoms with Crippen LogP contribution in [-0.2, 0) is 0 Å². The summed E-state index contributed by atoms with van der Waals surface area (Å²) in [6, 6.07) is 33.7. The second-order valence-electron chi connectivity index (χ2n) is 10.3. The molecule has 5 aromatic carbocycles. The van der Waals surface area contributed by atoms with Crippen LogP contribution in [0.5, 0.6) is 11.5 Å². The number of piperazine rings is 1. The van der Waals surface area contributed by atoms with Crippen molar-refractivity contribution in [2.45, 2.75) is 0 Å². The first kappa shape index (κ1) is 26.9. The fourth-order valence-electron chi connectivity index (χ4n) is 5.45. The smallest absolute Gasteiger partial charge is 0.255 e. The molecule has 2 amide bonds. The minimum atomic E-state index is -0.176. The fraction of sp³-hybridized carbons (Fsp3) is 0.143. The molecular weight excluding hydrogens is 526 g/mol. The van der Waals surface area contributed by atoms with E-state index in [1.807, 2.05) is 77.7 Å². The summed E-state index contributed by atoms with van der Waals surface area (Å²) in [6.45, 7) is 2.59. The molecule has 1 fully saturated rings. The third-order valence-corrected chi connectivity index (χ3v) is 7.72. The normalized spacial score (nSPS) is 13.2. The quantitative estimate of drug-likeness (QED) is 0.251. The number of carbonyl (C=O) groups excluding carboxylic acids is 2. The Morgan fingerprint density at radius 3 is 2.17 bits per heavy atom. The number of hydrogen-bond donors (Lipinski definition) is 2. The number of phenolic OH excluding ortho intramolecular Hbond substituents is 1. The van der Waals surface area contributed by atoms with Gasteiger partial charge in [-0.15, -0.1) is 0 Å². The zero-order valence-corrected chi connectivity index (χ0v) is 23.3. The first-order valence-electron chi connectivity index (χ1n) is 13.9. The molecule has 0 atom stereocenters. The molecule has 5 aromatic rings. The molecule has 0 unspecified atom stereocenters. The highest BCUT2D eigenvalue weighted by Gasteiger charge is 2.24. The van der Waals surface area contributed by atoms with Crippen LogP contribution >= 0.6 is 0 Å². The van der Waals surface area contributed by atoms with Gasteiger partial charge in [-0.2, -0.15) is 0 Å². The van der Waals surface area contributed by atoms with E-state index in [1.165, 1.54) is 0 Å². The number of phenols is 1. The molecule has 1 saturated heterocycles. The van der Waals surface area contributed by atoms with Gasteiger partial charge >= 0.3 is 0 Å². The number of rotatable bonds is 6. The van der Waals surface area contributed by atoms with Gasteiger partial charge in [-0.25, -0.2) is 0 Å². The highest BCUT2D eigenvalue weighted by atomic mass is 16.5. The number of anilines is 2. The van der Waals surface area contributed by atoms with Gasteiger partial charge in [-0.05, 0) is 88.6 Å². The van der Waals surface area contributed by atoms with Crippen LogP contribution in [0.3, 0.4) is 0 Å². The van der Waals surface area contributed by atoms with Crippen LogP contribution < -0.4 is 15.0 Å². The molecule has 1 heterocycles. The molecule has 0 aromatic heterocycles. The summed E-state index contributed by atoms with van der Waals surface area (Å²) in [6.07, 6.45) is 0. The Morgan fingerprint density at radius 1 is 0.762 bits per heavy atom. The molecule has 210 valence electrons.